The first kappa shape index (κ1) is 17.4. The third kappa shape index (κ3) is 3.48. The van der Waals surface area contributed by atoms with Gasteiger partial charge in [-0.2, -0.15) is 0 Å². The number of nitrogens with zero attached hydrogens (tertiary/aromatic N) is 3. The lowest BCUT2D eigenvalue weighted by molar-refractivity contribution is -0.139. The Hall–Kier alpha value is -2.99. The number of aromatic nitrogens is 2. The molecule has 1 amide bonds. The predicted molar refractivity (Wildman–Crippen MR) is 102 cm³/mol. The van der Waals surface area contributed by atoms with Crippen molar-refractivity contribution in [2.24, 2.45) is 0 Å². The number of fused-ring (bicyclic) bond motifs is 1. The second-order valence-corrected chi connectivity index (χ2v) is 6.69. The Balaban J connectivity index is 1.58. The lowest BCUT2D eigenvalue weighted by Gasteiger charge is -2.33. The van der Waals surface area contributed by atoms with Crippen LogP contribution in [0.2, 0.25) is 0 Å². The van der Waals surface area contributed by atoms with E-state index in [2.05, 4.69) is 4.98 Å². The maximum atomic E-state index is 12.9. The fraction of sp³-hybridized carbons (Fsp3) is 0.286. The SMILES string of the molecule is Cc1nc2ccccc2n(CC(=O)N2CCO[C@H](c3ccccc3)C2)c1=O. The summed E-state index contributed by atoms with van der Waals surface area (Å²) in [5.74, 6) is -0.0860. The molecule has 0 saturated carbocycles. The highest BCUT2D eigenvalue weighted by atomic mass is 16.5. The highest BCUT2D eigenvalue weighted by Crippen LogP contribution is 2.22. The monoisotopic (exact) mass is 363 g/mol. The standard InChI is InChI=1S/C21H21N3O3/c1-15-21(26)24(18-10-6-5-9-17(18)22-15)14-20(25)23-11-12-27-19(13-23)16-7-3-2-4-8-16/h2-10,19H,11-14H2,1H3/t19-/m0/s1. The molecule has 1 aliphatic heterocycles. The van der Waals surface area contributed by atoms with Crippen LogP contribution in [0.5, 0.6) is 0 Å². The van der Waals surface area contributed by atoms with E-state index in [1.165, 1.54) is 4.57 Å². The van der Waals surface area contributed by atoms with Crippen LogP contribution in [-0.4, -0.2) is 40.1 Å². The summed E-state index contributed by atoms with van der Waals surface area (Å²) in [4.78, 5) is 31.6. The minimum atomic E-state index is -0.227. The molecule has 1 saturated heterocycles. The summed E-state index contributed by atoms with van der Waals surface area (Å²) in [6.45, 7) is 3.18. The van der Waals surface area contributed by atoms with E-state index in [1.807, 2.05) is 54.6 Å². The van der Waals surface area contributed by atoms with Crippen LogP contribution in [0.4, 0.5) is 0 Å². The summed E-state index contributed by atoms with van der Waals surface area (Å²) in [5, 5.41) is 0. The molecular weight excluding hydrogens is 342 g/mol. The van der Waals surface area contributed by atoms with Gasteiger partial charge in [-0.15, -0.1) is 0 Å². The molecule has 138 valence electrons. The largest absolute Gasteiger partial charge is 0.370 e. The van der Waals surface area contributed by atoms with Gasteiger partial charge in [0.1, 0.15) is 18.3 Å². The van der Waals surface area contributed by atoms with Crippen molar-refractivity contribution in [3.8, 4) is 0 Å². The number of carbonyl (C=O) groups excluding carboxylic acids is 1. The molecule has 6 heteroatoms. The van der Waals surface area contributed by atoms with Crippen LogP contribution in [0.25, 0.3) is 11.0 Å². The average Bonchev–Trinajstić information content (AvgIpc) is 2.72. The molecule has 6 nitrogen and oxygen atoms in total. The van der Waals surface area contributed by atoms with Gasteiger partial charge in [0, 0.05) is 6.54 Å². The van der Waals surface area contributed by atoms with Crippen LogP contribution in [0.15, 0.2) is 59.4 Å². The van der Waals surface area contributed by atoms with Gasteiger partial charge in [0.05, 0.1) is 24.2 Å². The molecule has 27 heavy (non-hydrogen) atoms. The second-order valence-electron chi connectivity index (χ2n) is 6.69. The fourth-order valence-corrected chi connectivity index (χ4v) is 3.46. The molecule has 0 N–H and O–H groups in total. The van der Waals surface area contributed by atoms with Crippen LogP contribution in [0.3, 0.4) is 0 Å². The van der Waals surface area contributed by atoms with E-state index in [0.29, 0.717) is 36.4 Å². The van der Waals surface area contributed by atoms with Gasteiger partial charge in [-0.05, 0) is 24.6 Å². The highest BCUT2D eigenvalue weighted by molar-refractivity contribution is 5.80. The zero-order valence-corrected chi connectivity index (χ0v) is 15.2. The molecule has 0 radical (unpaired) electrons. The number of amides is 1. The molecule has 1 aromatic heterocycles. The van der Waals surface area contributed by atoms with Gasteiger partial charge in [0.2, 0.25) is 5.91 Å². The number of hydrogen-bond donors (Lipinski definition) is 0. The number of para-hydroxylation sites is 2. The van der Waals surface area contributed by atoms with Crippen molar-refractivity contribution in [1.29, 1.82) is 0 Å². The average molecular weight is 363 g/mol. The Kier molecular flexibility index (Phi) is 4.73. The van der Waals surface area contributed by atoms with E-state index in [4.69, 9.17) is 4.74 Å². The van der Waals surface area contributed by atoms with Crippen LogP contribution < -0.4 is 5.56 Å². The smallest absolute Gasteiger partial charge is 0.272 e. The van der Waals surface area contributed by atoms with Crippen molar-refractivity contribution in [3.63, 3.8) is 0 Å². The van der Waals surface area contributed by atoms with E-state index in [-0.39, 0.29) is 24.1 Å². The van der Waals surface area contributed by atoms with Gasteiger partial charge in [-0.1, -0.05) is 42.5 Å². The maximum absolute atomic E-state index is 12.9. The Morgan fingerprint density at radius 3 is 2.70 bits per heavy atom. The van der Waals surface area contributed by atoms with Gasteiger partial charge in [0.15, 0.2) is 0 Å². The molecule has 2 aromatic carbocycles. The van der Waals surface area contributed by atoms with Crippen LogP contribution in [-0.2, 0) is 16.1 Å². The molecule has 0 bridgehead atoms. The van der Waals surface area contributed by atoms with Crippen molar-refractivity contribution in [2.75, 3.05) is 19.7 Å². The molecule has 0 spiro atoms. The van der Waals surface area contributed by atoms with Gasteiger partial charge in [-0.25, -0.2) is 4.98 Å². The quantitative estimate of drug-likeness (QED) is 0.716. The molecule has 4 rings (SSSR count). The fourth-order valence-electron chi connectivity index (χ4n) is 3.46. The zero-order chi connectivity index (χ0) is 18.8. The summed E-state index contributed by atoms with van der Waals surface area (Å²) in [5.41, 5.74) is 2.61. The lowest BCUT2D eigenvalue weighted by Crippen LogP contribution is -2.44. The molecule has 1 aliphatic rings. The maximum Gasteiger partial charge on any atom is 0.272 e. The van der Waals surface area contributed by atoms with E-state index in [1.54, 1.807) is 11.8 Å². The first-order valence-electron chi connectivity index (χ1n) is 9.04. The van der Waals surface area contributed by atoms with E-state index < -0.39 is 0 Å². The highest BCUT2D eigenvalue weighted by Gasteiger charge is 2.26. The van der Waals surface area contributed by atoms with Crippen molar-refractivity contribution in [2.45, 2.75) is 19.6 Å². The number of rotatable bonds is 3. The normalized spacial score (nSPS) is 17.2. The molecule has 0 aliphatic carbocycles. The third-order valence-electron chi connectivity index (χ3n) is 4.90. The number of hydrogen-bond acceptors (Lipinski definition) is 4. The lowest BCUT2D eigenvalue weighted by atomic mass is 10.1. The van der Waals surface area contributed by atoms with Crippen molar-refractivity contribution >= 4 is 16.9 Å². The van der Waals surface area contributed by atoms with Gasteiger partial charge >= 0.3 is 0 Å². The first-order chi connectivity index (χ1) is 13.1. The summed E-state index contributed by atoms with van der Waals surface area (Å²) < 4.78 is 7.36. The number of morpholine rings is 1. The second kappa shape index (κ2) is 7.32. The molecular formula is C21H21N3O3. The van der Waals surface area contributed by atoms with Crippen LogP contribution >= 0.6 is 0 Å². The van der Waals surface area contributed by atoms with Crippen LogP contribution in [0, 0.1) is 6.92 Å². The number of ether oxygens (including phenoxy) is 1. The third-order valence-corrected chi connectivity index (χ3v) is 4.90. The number of aryl methyl sites for hydroxylation is 1. The first-order valence-corrected chi connectivity index (χ1v) is 9.04. The summed E-state index contributed by atoms with van der Waals surface area (Å²) >= 11 is 0. The minimum absolute atomic E-state index is 0.00418. The number of benzene rings is 2. The van der Waals surface area contributed by atoms with Crippen LogP contribution in [0.1, 0.15) is 17.4 Å². The molecule has 0 unspecified atom stereocenters. The topological polar surface area (TPSA) is 64.4 Å². The molecule has 1 atom stereocenters. The Labute approximate surface area is 157 Å². The van der Waals surface area contributed by atoms with Crippen molar-refractivity contribution < 1.29 is 9.53 Å². The molecule has 2 heterocycles. The predicted octanol–water partition coefficient (Wildman–Crippen LogP) is 2.31. The van der Waals surface area contributed by atoms with E-state index >= 15 is 0 Å². The summed E-state index contributed by atoms with van der Waals surface area (Å²) in [7, 11) is 0. The molecule has 1 fully saturated rings. The van der Waals surface area contributed by atoms with Gasteiger partial charge in [-0.3, -0.25) is 14.2 Å². The van der Waals surface area contributed by atoms with Crippen molar-refractivity contribution in [3.05, 3.63) is 76.2 Å². The van der Waals surface area contributed by atoms with Gasteiger partial charge in [0.25, 0.3) is 5.56 Å². The zero-order valence-electron chi connectivity index (χ0n) is 15.2. The minimum Gasteiger partial charge on any atom is -0.370 e. The number of carbonyl (C=O) groups is 1. The van der Waals surface area contributed by atoms with Crippen molar-refractivity contribution in [1.82, 2.24) is 14.5 Å². The summed E-state index contributed by atoms with van der Waals surface area (Å²) in [6.07, 6.45) is -0.142. The van der Waals surface area contributed by atoms with E-state index in [0.717, 1.165) is 5.56 Å². The summed E-state index contributed by atoms with van der Waals surface area (Å²) in [6, 6.07) is 17.3. The molecule has 3 aromatic rings. The Bertz CT molecular complexity index is 1030. The Morgan fingerprint density at radius 1 is 1.15 bits per heavy atom. The van der Waals surface area contributed by atoms with Gasteiger partial charge < -0.3 is 9.64 Å². The van der Waals surface area contributed by atoms with E-state index in [9.17, 15) is 9.59 Å². The Morgan fingerprint density at radius 2 is 1.89 bits per heavy atom.